The number of hydrogen-bond donors (Lipinski definition) is 3. The highest BCUT2D eigenvalue weighted by Gasteiger charge is 2.10. The van der Waals surface area contributed by atoms with Crippen molar-refractivity contribution in [2.24, 2.45) is 0 Å². The molecule has 1 aromatic rings. The van der Waals surface area contributed by atoms with Gasteiger partial charge in [0.15, 0.2) is 0 Å². The van der Waals surface area contributed by atoms with Crippen molar-refractivity contribution in [3.05, 3.63) is 11.4 Å². The fraction of sp³-hybridized carbons (Fsp3) is 0.545. The second-order valence-corrected chi connectivity index (χ2v) is 4.08. The van der Waals surface area contributed by atoms with Crippen molar-refractivity contribution in [2.75, 3.05) is 18.8 Å². The third-order valence-electron chi connectivity index (χ3n) is 2.55. The van der Waals surface area contributed by atoms with Crippen LogP contribution in [-0.4, -0.2) is 34.7 Å². The highest BCUT2D eigenvalue weighted by atomic mass is 16.2. The maximum Gasteiger partial charge on any atom is 0.241 e. The molecule has 0 spiro atoms. The number of carbonyl (C=O) groups is 2. The number of nitrogen functional groups attached to an aromatic ring is 1. The van der Waals surface area contributed by atoms with E-state index in [4.69, 9.17) is 5.73 Å². The van der Waals surface area contributed by atoms with Gasteiger partial charge < -0.3 is 16.4 Å². The van der Waals surface area contributed by atoms with Crippen LogP contribution in [0.3, 0.4) is 0 Å². The van der Waals surface area contributed by atoms with E-state index in [0.717, 1.165) is 11.4 Å². The van der Waals surface area contributed by atoms with E-state index in [1.807, 2.05) is 6.92 Å². The molecule has 0 aromatic carbocycles. The lowest BCUT2D eigenvalue weighted by atomic mass is 10.3. The molecule has 0 radical (unpaired) electrons. The summed E-state index contributed by atoms with van der Waals surface area (Å²) in [5.74, 6) is -0.276. The smallest absolute Gasteiger partial charge is 0.241 e. The number of carbonyl (C=O) groups excluding carboxylic acids is 2. The van der Waals surface area contributed by atoms with Gasteiger partial charge in [-0.3, -0.25) is 14.3 Å². The van der Waals surface area contributed by atoms with Gasteiger partial charge in [0, 0.05) is 20.0 Å². The second kappa shape index (κ2) is 6.04. The standard InChI is InChI=1S/C11H19N5O2/c1-7-11(12)8(2)16(15-7)6-10(18)14-5-4-13-9(3)17/h4-6,12H2,1-3H3,(H,13,17)(H,14,18). The molecule has 0 aliphatic carbocycles. The third kappa shape index (κ3) is 3.76. The number of nitrogens with zero attached hydrogens (tertiary/aromatic N) is 2. The van der Waals surface area contributed by atoms with Crippen LogP contribution in [0.25, 0.3) is 0 Å². The van der Waals surface area contributed by atoms with Crippen molar-refractivity contribution in [3.63, 3.8) is 0 Å². The van der Waals surface area contributed by atoms with Gasteiger partial charge in [-0.25, -0.2) is 0 Å². The van der Waals surface area contributed by atoms with Crippen LogP contribution < -0.4 is 16.4 Å². The molecule has 0 saturated carbocycles. The molecular weight excluding hydrogens is 234 g/mol. The number of hydrogen-bond acceptors (Lipinski definition) is 4. The zero-order chi connectivity index (χ0) is 13.7. The number of aryl methyl sites for hydroxylation is 1. The lowest BCUT2D eigenvalue weighted by molar-refractivity contribution is -0.122. The molecule has 0 unspecified atom stereocenters. The minimum atomic E-state index is -0.161. The number of nitrogens with one attached hydrogen (secondary N) is 2. The summed E-state index contributed by atoms with van der Waals surface area (Å²) in [6, 6.07) is 0. The molecule has 0 bridgehead atoms. The van der Waals surface area contributed by atoms with Crippen LogP contribution in [0.4, 0.5) is 5.69 Å². The molecular formula is C11H19N5O2. The molecule has 0 aliphatic heterocycles. The second-order valence-electron chi connectivity index (χ2n) is 4.08. The number of anilines is 1. The first-order chi connectivity index (χ1) is 8.41. The van der Waals surface area contributed by atoms with Crippen molar-refractivity contribution < 1.29 is 9.59 Å². The fourth-order valence-electron chi connectivity index (χ4n) is 1.50. The van der Waals surface area contributed by atoms with Crippen molar-refractivity contribution >= 4 is 17.5 Å². The van der Waals surface area contributed by atoms with E-state index in [-0.39, 0.29) is 18.4 Å². The largest absolute Gasteiger partial charge is 0.396 e. The predicted molar refractivity (Wildman–Crippen MR) is 67.8 cm³/mol. The van der Waals surface area contributed by atoms with Crippen LogP contribution in [0.15, 0.2) is 0 Å². The van der Waals surface area contributed by atoms with Crippen molar-refractivity contribution in [1.82, 2.24) is 20.4 Å². The summed E-state index contributed by atoms with van der Waals surface area (Å²) < 4.78 is 1.57. The highest BCUT2D eigenvalue weighted by Crippen LogP contribution is 2.14. The Balaban J connectivity index is 2.40. The monoisotopic (exact) mass is 253 g/mol. The van der Waals surface area contributed by atoms with Gasteiger partial charge >= 0.3 is 0 Å². The SMILES string of the molecule is CC(=O)NCCNC(=O)Cn1nc(C)c(N)c1C. The fourth-order valence-corrected chi connectivity index (χ4v) is 1.50. The van der Waals surface area contributed by atoms with Gasteiger partial charge in [-0.1, -0.05) is 0 Å². The highest BCUT2D eigenvalue weighted by molar-refractivity contribution is 5.76. The maximum absolute atomic E-state index is 11.6. The van der Waals surface area contributed by atoms with Gasteiger partial charge in [0.25, 0.3) is 0 Å². The third-order valence-corrected chi connectivity index (χ3v) is 2.55. The van der Waals surface area contributed by atoms with E-state index in [2.05, 4.69) is 15.7 Å². The first kappa shape index (κ1) is 14.0. The topological polar surface area (TPSA) is 102 Å². The molecule has 0 saturated heterocycles. The summed E-state index contributed by atoms with van der Waals surface area (Å²) >= 11 is 0. The molecule has 7 heteroatoms. The Labute approximate surface area is 106 Å². The summed E-state index contributed by atoms with van der Waals surface area (Å²) in [7, 11) is 0. The van der Waals surface area contributed by atoms with Crippen LogP contribution in [0.1, 0.15) is 18.3 Å². The van der Waals surface area contributed by atoms with E-state index in [1.54, 1.807) is 11.6 Å². The van der Waals surface area contributed by atoms with Gasteiger partial charge in [-0.15, -0.1) is 0 Å². The number of amides is 2. The molecule has 1 aromatic heterocycles. The summed E-state index contributed by atoms with van der Waals surface area (Å²) in [4.78, 5) is 22.2. The summed E-state index contributed by atoms with van der Waals surface area (Å²) in [6.07, 6.45) is 0. The Bertz CT molecular complexity index is 453. The molecule has 0 fully saturated rings. The molecule has 100 valence electrons. The van der Waals surface area contributed by atoms with Crippen LogP contribution in [0, 0.1) is 13.8 Å². The molecule has 2 amide bonds. The predicted octanol–water partition coefficient (Wildman–Crippen LogP) is -0.666. The zero-order valence-electron chi connectivity index (χ0n) is 10.9. The normalized spacial score (nSPS) is 10.2. The Morgan fingerprint density at radius 3 is 2.39 bits per heavy atom. The summed E-state index contributed by atoms with van der Waals surface area (Å²) in [5, 5.41) is 9.45. The van der Waals surface area contributed by atoms with Crippen LogP contribution in [-0.2, 0) is 16.1 Å². The van der Waals surface area contributed by atoms with Crippen LogP contribution in [0.2, 0.25) is 0 Å². The molecule has 0 atom stereocenters. The zero-order valence-corrected chi connectivity index (χ0v) is 10.9. The van der Waals surface area contributed by atoms with Crippen molar-refractivity contribution in [3.8, 4) is 0 Å². The summed E-state index contributed by atoms with van der Waals surface area (Å²) in [6.45, 7) is 5.99. The van der Waals surface area contributed by atoms with Crippen molar-refractivity contribution in [1.29, 1.82) is 0 Å². The van der Waals surface area contributed by atoms with Gasteiger partial charge in [-0.2, -0.15) is 5.10 Å². The lowest BCUT2D eigenvalue weighted by Crippen LogP contribution is -2.35. The molecule has 1 rings (SSSR count). The van der Waals surface area contributed by atoms with Crippen LogP contribution >= 0.6 is 0 Å². The van der Waals surface area contributed by atoms with E-state index in [0.29, 0.717) is 18.8 Å². The van der Waals surface area contributed by atoms with E-state index in [9.17, 15) is 9.59 Å². The van der Waals surface area contributed by atoms with E-state index < -0.39 is 0 Å². The minimum Gasteiger partial charge on any atom is -0.396 e. The average molecular weight is 253 g/mol. The minimum absolute atomic E-state index is 0.115. The molecule has 18 heavy (non-hydrogen) atoms. The van der Waals surface area contributed by atoms with E-state index >= 15 is 0 Å². The molecule has 7 nitrogen and oxygen atoms in total. The van der Waals surface area contributed by atoms with Gasteiger partial charge in [0.1, 0.15) is 6.54 Å². The van der Waals surface area contributed by atoms with Crippen molar-refractivity contribution in [2.45, 2.75) is 27.3 Å². The first-order valence-electron chi connectivity index (χ1n) is 5.72. The molecule has 0 aliphatic rings. The van der Waals surface area contributed by atoms with E-state index in [1.165, 1.54) is 6.92 Å². The summed E-state index contributed by atoms with van der Waals surface area (Å²) in [5.41, 5.74) is 7.89. The maximum atomic E-state index is 11.6. The number of rotatable bonds is 5. The average Bonchev–Trinajstić information content (AvgIpc) is 2.52. The first-order valence-corrected chi connectivity index (χ1v) is 5.72. The number of aromatic nitrogens is 2. The molecule has 1 heterocycles. The Morgan fingerprint density at radius 2 is 1.89 bits per heavy atom. The number of nitrogens with two attached hydrogens (primary N) is 1. The Kier molecular flexibility index (Phi) is 4.70. The van der Waals surface area contributed by atoms with Gasteiger partial charge in [0.2, 0.25) is 11.8 Å². The Morgan fingerprint density at radius 1 is 1.28 bits per heavy atom. The van der Waals surface area contributed by atoms with Gasteiger partial charge in [-0.05, 0) is 13.8 Å². The van der Waals surface area contributed by atoms with Gasteiger partial charge in [0.05, 0.1) is 17.1 Å². The van der Waals surface area contributed by atoms with Crippen LogP contribution in [0.5, 0.6) is 0 Å². The Hall–Kier alpha value is -2.05. The quantitative estimate of drug-likeness (QED) is 0.606. The molecule has 4 N–H and O–H groups in total. The lowest BCUT2D eigenvalue weighted by Gasteiger charge is -2.07.